The van der Waals surface area contributed by atoms with Gasteiger partial charge in [0.25, 0.3) is 5.91 Å². The summed E-state index contributed by atoms with van der Waals surface area (Å²) in [5, 5.41) is 0.579. The summed E-state index contributed by atoms with van der Waals surface area (Å²) in [5.41, 5.74) is 2.92. The van der Waals surface area contributed by atoms with E-state index in [2.05, 4.69) is 4.99 Å². The molecule has 6 rings (SSSR count). The molecule has 3 aromatic rings. The van der Waals surface area contributed by atoms with Gasteiger partial charge in [-0.2, -0.15) is 4.99 Å². The number of piperazine rings is 1. The number of fused-ring (bicyclic) bond motifs is 3. The van der Waals surface area contributed by atoms with Gasteiger partial charge in [-0.15, -0.1) is 0 Å². The third-order valence-electron chi connectivity index (χ3n) is 6.77. The van der Waals surface area contributed by atoms with E-state index in [0.717, 1.165) is 16.8 Å². The van der Waals surface area contributed by atoms with Crippen LogP contribution in [0, 0.1) is 5.82 Å². The average Bonchev–Trinajstić information content (AvgIpc) is 3.29. The van der Waals surface area contributed by atoms with Crippen molar-refractivity contribution in [3.05, 3.63) is 95.8 Å². The fourth-order valence-electron chi connectivity index (χ4n) is 4.91. The molecule has 3 heterocycles. The van der Waals surface area contributed by atoms with Gasteiger partial charge in [0.05, 0.1) is 17.1 Å². The maximum absolute atomic E-state index is 14.2. The molecule has 0 saturated carbocycles. The Morgan fingerprint density at radius 2 is 1.59 bits per heavy atom. The van der Waals surface area contributed by atoms with Crippen molar-refractivity contribution in [2.75, 3.05) is 36.8 Å². The molecule has 2 amide bonds. The van der Waals surface area contributed by atoms with Gasteiger partial charge in [-0.05, 0) is 29.8 Å². The lowest BCUT2D eigenvalue weighted by atomic mass is 10.0. The molecule has 0 aliphatic carbocycles. The van der Waals surface area contributed by atoms with E-state index in [-0.39, 0.29) is 23.4 Å². The van der Waals surface area contributed by atoms with Crippen molar-refractivity contribution in [3.63, 3.8) is 0 Å². The highest BCUT2D eigenvalue weighted by molar-refractivity contribution is 8.14. The van der Waals surface area contributed by atoms with Gasteiger partial charge in [0, 0.05) is 31.7 Å². The Hall–Kier alpha value is -3.98. The summed E-state index contributed by atoms with van der Waals surface area (Å²) < 4.78 is 14.2. The van der Waals surface area contributed by atoms with E-state index in [9.17, 15) is 14.0 Å². The second kappa shape index (κ2) is 9.82. The van der Waals surface area contributed by atoms with Crippen LogP contribution in [0.2, 0.25) is 0 Å². The zero-order chi connectivity index (χ0) is 25.4. The summed E-state index contributed by atoms with van der Waals surface area (Å²) in [6.45, 7) is 2.17. The fraction of sp³-hybridized carbons (Fsp3) is 0.214. The monoisotopic (exact) mass is 513 g/mol. The smallest absolute Gasteiger partial charge is 0.275 e. The molecule has 0 radical (unpaired) electrons. The van der Waals surface area contributed by atoms with Crippen LogP contribution < -0.4 is 4.90 Å². The van der Waals surface area contributed by atoms with Crippen molar-refractivity contribution in [3.8, 4) is 0 Å². The van der Waals surface area contributed by atoms with E-state index in [0.29, 0.717) is 42.9 Å². The number of benzene rings is 3. The Labute approximate surface area is 218 Å². The van der Waals surface area contributed by atoms with Crippen molar-refractivity contribution >= 4 is 46.0 Å². The maximum Gasteiger partial charge on any atom is 0.275 e. The van der Waals surface area contributed by atoms with Crippen LogP contribution >= 0.6 is 11.8 Å². The number of amidine groups is 2. The highest BCUT2D eigenvalue weighted by atomic mass is 32.2. The Kier molecular flexibility index (Phi) is 6.21. The molecule has 1 fully saturated rings. The van der Waals surface area contributed by atoms with E-state index in [1.165, 1.54) is 17.8 Å². The van der Waals surface area contributed by atoms with Gasteiger partial charge >= 0.3 is 0 Å². The number of thioether (sulfide) groups is 1. The number of hydrogen-bond donors (Lipinski definition) is 0. The van der Waals surface area contributed by atoms with E-state index in [4.69, 9.17) is 4.99 Å². The average molecular weight is 514 g/mol. The number of aliphatic imine (C=N–C) groups is 2. The van der Waals surface area contributed by atoms with Gasteiger partial charge in [-0.1, -0.05) is 66.4 Å². The molecule has 0 bridgehead atoms. The number of nitrogens with zero attached hydrogens (tertiary/aromatic N) is 5. The molecule has 0 aromatic heterocycles. The van der Waals surface area contributed by atoms with Gasteiger partial charge in [0.15, 0.2) is 5.17 Å². The van der Waals surface area contributed by atoms with Crippen LogP contribution in [0.1, 0.15) is 17.2 Å². The third-order valence-corrected chi connectivity index (χ3v) is 7.71. The first-order chi connectivity index (χ1) is 18.1. The lowest BCUT2D eigenvalue weighted by Crippen LogP contribution is -2.49. The standard InChI is InChI=1S/C28H24FN5O2S/c29-21-11-5-7-13-23(21)32-14-16-33(17-15-32)24(35)18-37-28-30-22-12-6-4-10-20(22)26-31-27(36)25(34(26)28)19-8-2-1-3-9-19/h1-13,25H,14-18H2. The fourth-order valence-corrected chi connectivity index (χ4v) is 5.84. The summed E-state index contributed by atoms with van der Waals surface area (Å²) in [7, 11) is 0. The number of halogens is 1. The molecule has 0 N–H and O–H groups in total. The van der Waals surface area contributed by atoms with E-state index in [1.54, 1.807) is 17.0 Å². The minimum absolute atomic E-state index is 0.0139. The summed E-state index contributed by atoms with van der Waals surface area (Å²) in [6, 6.07) is 23.2. The molecule has 3 aliphatic rings. The van der Waals surface area contributed by atoms with Crippen LogP contribution in [0.15, 0.2) is 88.8 Å². The molecule has 186 valence electrons. The Balaban J connectivity index is 1.19. The van der Waals surface area contributed by atoms with Crippen LogP contribution in [0.3, 0.4) is 0 Å². The number of carbonyl (C=O) groups excluding carboxylic acids is 2. The molecule has 1 atom stereocenters. The quantitative estimate of drug-likeness (QED) is 0.522. The molecular weight excluding hydrogens is 489 g/mol. The van der Waals surface area contributed by atoms with Crippen LogP contribution in [0.5, 0.6) is 0 Å². The topological polar surface area (TPSA) is 68.6 Å². The molecule has 0 spiro atoms. The third kappa shape index (κ3) is 4.40. The molecule has 3 aromatic carbocycles. The first kappa shape index (κ1) is 23.4. The zero-order valence-corrected chi connectivity index (χ0v) is 20.8. The van der Waals surface area contributed by atoms with Crippen LogP contribution in [0.25, 0.3) is 0 Å². The molecular formula is C28H24FN5O2S. The van der Waals surface area contributed by atoms with E-state index < -0.39 is 6.04 Å². The summed E-state index contributed by atoms with van der Waals surface area (Å²) in [4.78, 5) is 41.1. The molecule has 3 aliphatic heterocycles. The van der Waals surface area contributed by atoms with E-state index in [1.807, 2.05) is 70.5 Å². The van der Waals surface area contributed by atoms with Gasteiger partial charge in [-0.3, -0.25) is 14.5 Å². The SMILES string of the molecule is O=C1N=C2c3ccccc3N=C(SCC(=O)N3CCN(c4ccccc4F)CC3)N2C1c1ccccc1. The zero-order valence-electron chi connectivity index (χ0n) is 20.0. The molecule has 1 unspecified atom stereocenters. The van der Waals surface area contributed by atoms with Crippen molar-refractivity contribution in [1.29, 1.82) is 0 Å². The molecule has 37 heavy (non-hydrogen) atoms. The summed E-state index contributed by atoms with van der Waals surface area (Å²) in [6.07, 6.45) is 0. The summed E-state index contributed by atoms with van der Waals surface area (Å²) >= 11 is 1.32. The second-order valence-corrected chi connectivity index (χ2v) is 9.92. The maximum atomic E-state index is 14.2. The Morgan fingerprint density at radius 1 is 0.892 bits per heavy atom. The molecule has 7 nitrogen and oxygen atoms in total. The van der Waals surface area contributed by atoms with Crippen LogP contribution in [-0.2, 0) is 9.59 Å². The van der Waals surface area contributed by atoms with Crippen LogP contribution in [-0.4, -0.2) is 64.5 Å². The lowest BCUT2D eigenvalue weighted by Gasteiger charge is -2.36. The largest absolute Gasteiger partial charge is 0.366 e. The van der Waals surface area contributed by atoms with Gasteiger partial charge < -0.3 is 9.80 Å². The number of hydrogen-bond acceptors (Lipinski definition) is 6. The number of amides is 2. The number of anilines is 1. The van der Waals surface area contributed by atoms with Crippen molar-refractivity contribution in [1.82, 2.24) is 9.80 Å². The summed E-state index contributed by atoms with van der Waals surface area (Å²) in [5.74, 6) is 0.235. The first-order valence-corrected chi connectivity index (χ1v) is 13.1. The van der Waals surface area contributed by atoms with Crippen molar-refractivity contribution in [2.45, 2.75) is 6.04 Å². The van der Waals surface area contributed by atoms with Crippen LogP contribution in [0.4, 0.5) is 15.8 Å². The lowest BCUT2D eigenvalue weighted by molar-refractivity contribution is -0.128. The number of carbonyl (C=O) groups is 2. The van der Waals surface area contributed by atoms with E-state index >= 15 is 0 Å². The predicted molar refractivity (Wildman–Crippen MR) is 144 cm³/mol. The van der Waals surface area contributed by atoms with Gasteiger partial charge in [0.1, 0.15) is 17.7 Å². The second-order valence-electron chi connectivity index (χ2n) is 8.98. The Bertz CT molecular complexity index is 1420. The highest BCUT2D eigenvalue weighted by Crippen LogP contribution is 2.39. The number of rotatable bonds is 4. The number of para-hydroxylation sites is 2. The van der Waals surface area contributed by atoms with Gasteiger partial charge in [-0.25, -0.2) is 9.38 Å². The molecule has 9 heteroatoms. The minimum atomic E-state index is -0.616. The normalized spacial score (nSPS) is 18.8. The Morgan fingerprint density at radius 3 is 2.38 bits per heavy atom. The minimum Gasteiger partial charge on any atom is -0.366 e. The first-order valence-electron chi connectivity index (χ1n) is 12.1. The van der Waals surface area contributed by atoms with Gasteiger partial charge in [0.2, 0.25) is 5.91 Å². The van der Waals surface area contributed by atoms with Crippen molar-refractivity contribution < 1.29 is 14.0 Å². The highest BCUT2D eigenvalue weighted by Gasteiger charge is 2.42. The predicted octanol–water partition coefficient (Wildman–Crippen LogP) is 4.24. The van der Waals surface area contributed by atoms with Crippen molar-refractivity contribution in [2.24, 2.45) is 9.98 Å². The molecule has 1 saturated heterocycles.